The number of amides is 1. The second-order valence-corrected chi connectivity index (χ2v) is 3.75. The maximum absolute atomic E-state index is 11.6. The van der Waals surface area contributed by atoms with Gasteiger partial charge < -0.3 is 15.3 Å². The van der Waals surface area contributed by atoms with Gasteiger partial charge in [0.1, 0.15) is 5.69 Å². The molecule has 0 aliphatic carbocycles. The van der Waals surface area contributed by atoms with E-state index >= 15 is 0 Å². The molecule has 0 unspecified atom stereocenters. The lowest BCUT2D eigenvalue weighted by atomic mass is 10.3. The van der Waals surface area contributed by atoms with E-state index in [9.17, 15) is 9.59 Å². The number of carbonyl (C=O) groups is 1. The number of hydrogen-bond donors (Lipinski definition) is 3. The first kappa shape index (κ1) is 11.4. The molecule has 6 nitrogen and oxygen atoms in total. The van der Waals surface area contributed by atoms with E-state index in [1.54, 1.807) is 0 Å². The topological polar surface area (TPSA) is 90.6 Å². The third kappa shape index (κ3) is 2.94. The average molecular weight is 253 g/mol. The first-order chi connectivity index (χ1) is 8.15. The van der Waals surface area contributed by atoms with Gasteiger partial charge in [0.25, 0.3) is 11.5 Å². The van der Waals surface area contributed by atoms with Gasteiger partial charge in [0, 0.05) is 12.3 Å². The number of rotatable bonds is 3. The van der Waals surface area contributed by atoms with Gasteiger partial charge in [-0.2, -0.15) is 0 Å². The summed E-state index contributed by atoms with van der Waals surface area (Å²) in [5.41, 5.74) is 0.590. The van der Waals surface area contributed by atoms with Crippen molar-refractivity contribution in [1.82, 2.24) is 20.3 Å². The molecule has 2 aromatic heterocycles. The predicted molar refractivity (Wildman–Crippen MR) is 61.8 cm³/mol. The van der Waals surface area contributed by atoms with Crippen LogP contribution in [0.25, 0.3) is 0 Å². The molecule has 0 bridgehead atoms. The van der Waals surface area contributed by atoms with Crippen molar-refractivity contribution in [2.24, 2.45) is 0 Å². The van der Waals surface area contributed by atoms with Crippen LogP contribution in [-0.4, -0.2) is 20.9 Å². The van der Waals surface area contributed by atoms with Gasteiger partial charge in [-0.1, -0.05) is 11.6 Å². The number of nitrogens with zero attached hydrogens (tertiary/aromatic N) is 1. The third-order valence-corrected chi connectivity index (χ3v) is 2.28. The number of hydrogen-bond acceptors (Lipinski definition) is 3. The van der Waals surface area contributed by atoms with Gasteiger partial charge in [0.2, 0.25) is 0 Å². The number of carbonyl (C=O) groups excluding carboxylic acids is 1. The highest BCUT2D eigenvalue weighted by Crippen LogP contribution is 2.09. The van der Waals surface area contributed by atoms with Crippen molar-refractivity contribution >= 4 is 17.5 Å². The standard InChI is InChI=1S/C10H9ClN4O2/c11-6-1-8(12-3-6)10(17)13-4-7-2-9(16)15-5-14-7/h1-3,5,12H,4H2,(H,13,17)(H,14,15,16). The zero-order valence-electron chi connectivity index (χ0n) is 8.66. The van der Waals surface area contributed by atoms with Crippen molar-refractivity contribution in [2.75, 3.05) is 0 Å². The van der Waals surface area contributed by atoms with E-state index in [1.807, 2.05) is 0 Å². The van der Waals surface area contributed by atoms with Crippen molar-refractivity contribution in [3.05, 3.63) is 51.4 Å². The largest absolute Gasteiger partial charge is 0.356 e. The molecule has 0 atom stereocenters. The fraction of sp³-hybridized carbons (Fsp3) is 0.100. The van der Waals surface area contributed by atoms with E-state index in [2.05, 4.69) is 20.3 Å². The normalized spacial score (nSPS) is 10.2. The molecule has 1 amide bonds. The summed E-state index contributed by atoms with van der Waals surface area (Å²) in [5, 5.41) is 3.07. The SMILES string of the molecule is O=C(NCc1cc(=O)[nH]cn1)c1cc(Cl)c[nH]1. The zero-order chi connectivity index (χ0) is 12.3. The van der Waals surface area contributed by atoms with Gasteiger partial charge in [-0.25, -0.2) is 4.98 Å². The molecule has 2 rings (SSSR count). The highest BCUT2D eigenvalue weighted by molar-refractivity contribution is 6.30. The Balaban J connectivity index is 1.99. The summed E-state index contributed by atoms with van der Waals surface area (Å²) in [4.78, 5) is 31.6. The summed E-state index contributed by atoms with van der Waals surface area (Å²) in [6.45, 7) is 0.180. The van der Waals surface area contributed by atoms with Crippen LogP contribution < -0.4 is 10.9 Å². The molecule has 0 radical (unpaired) electrons. The lowest BCUT2D eigenvalue weighted by Crippen LogP contribution is -2.24. The monoisotopic (exact) mass is 252 g/mol. The van der Waals surface area contributed by atoms with Crippen molar-refractivity contribution in [3.63, 3.8) is 0 Å². The van der Waals surface area contributed by atoms with Gasteiger partial charge in [-0.3, -0.25) is 9.59 Å². The summed E-state index contributed by atoms with van der Waals surface area (Å²) in [6, 6.07) is 2.84. The van der Waals surface area contributed by atoms with Crippen LogP contribution in [-0.2, 0) is 6.54 Å². The van der Waals surface area contributed by atoms with E-state index in [1.165, 1.54) is 24.7 Å². The summed E-state index contributed by atoms with van der Waals surface area (Å²) in [6.07, 6.45) is 2.80. The molecule has 0 aliphatic heterocycles. The Bertz CT molecular complexity index is 590. The van der Waals surface area contributed by atoms with Crippen molar-refractivity contribution in [2.45, 2.75) is 6.54 Å². The summed E-state index contributed by atoms with van der Waals surface area (Å²) in [7, 11) is 0. The van der Waals surface area contributed by atoms with Gasteiger partial charge in [-0.05, 0) is 6.07 Å². The summed E-state index contributed by atoms with van der Waals surface area (Å²) in [5.74, 6) is -0.306. The smallest absolute Gasteiger partial charge is 0.268 e. The van der Waals surface area contributed by atoms with E-state index in [4.69, 9.17) is 11.6 Å². The predicted octanol–water partition coefficient (Wildman–Crippen LogP) is 0.681. The molecular weight excluding hydrogens is 244 g/mol. The lowest BCUT2D eigenvalue weighted by molar-refractivity contribution is 0.0946. The van der Waals surface area contributed by atoms with Crippen molar-refractivity contribution < 1.29 is 4.79 Å². The van der Waals surface area contributed by atoms with Crippen LogP contribution in [0.2, 0.25) is 5.02 Å². The quantitative estimate of drug-likeness (QED) is 0.750. The molecule has 3 N–H and O–H groups in total. The fourth-order valence-corrected chi connectivity index (χ4v) is 1.43. The second-order valence-electron chi connectivity index (χ2n) is 3.32. The average Bonchev–Trinajstić information content (AvgIpc) is 2.73. The van der Waals surface area contributed by atoms with Gasteiger partial charge >= 0.3 is 0 Å². The fourth-order valence-electron chi connectivity index (χ4n) is 1.27. The molecule has 88 valence electrons. The number of aromatic nitrogens is 3. The van der Waals surface area contributed by atoms with Gasteiger partial charge in [0.15, 0.2) is 0 Å². The minimum absolute atomic E-state index is 0.180. The molecule has 0 fully saturated rings. The Labute approximate surface area is 101 Å². The highest BCUT2D eigenvalue weighted by Gasteiger charge is 2.07. The molecular formula is C10H9ClN4O2. The van der Waals surface area contributed by atoms with Gasteiger partial charge in [-0.15, -0.1) is 0 Å². The molecule has 0 spiro atoms. The Morgan fingerprint density at radius 1 is 1.41 bits per heavy atom. The minimum Gasteiger partial charge on any atom is -0.356 e. The van der Waals surface area contributed by atoms with Crippen LogP contribution in [0.15, 0.2) is 29.5 Å². The molecule has 7 heteroatoms. The molecule has 2 aromatic rings. The number of H-pyrrole nitrogens is 2. The number of aromatic amines is 2. The summed E-state index contributed by atoms with van der Waals surface area (Å²) >= 11 is 5.67. The Hall–Kier alpha value is -2.08. The minimum atomic E-state index is -0.306. The molecule has 0 saturated carbocycles. The molecule has 17 heavy (non-hydrogen) atoms. The van der Waals surface area contributed by atoms with Crippen LogP contribution in [0, 0.1) is 0 Å². The first-order valence-electron chi connectivity index (χ1n) is 4.81. The highest BCUT2D eigenvalue weighted by atomic mass is 35.5. The van der Waals surface area contributed by atoms with Crippen molar-refractivity contribution in [1.29, 1.82) is 0 Å². The number of halogens is 1. The molecule has 2 heterocycles. The first-order valence-corrected chi connectivity index (χ1v) is 5.18. The second kappa shape index (κ2) is 4.84. The Kier molecular flexibility index (Phi) is 3.24. The van der Waals surface area contributed by atoms with E-state index in [0.29, 0.717) is 16.4 Å². The van der Waals surface area contributed by atoms with Crippen LogP contribution in [0.3, 0.4) is 0 Å². The Morgan fingerprint density at radius 3 is 2.88 bits per heavy atom. The van der Waals surface area contributed by atoms with E-state index in [-0.39, 0.29) is 18.0 Å². The molecule has 0 aromatic carbocycles. The number of nitrogens with one attached hydrogen (secondary N) is 3. The van der Waals surface area contributed by atoms with Crippen LogP contribution in [0.5, 0.6) is 0 Å². The van der Waals surface area contributed by atoms with E-state index in [0.717, 1.165) is 0 Å². The molecule has 0 saturated heterocycles. The van der Waals surface area contributed by atoms with Gasteiger partial charge in [0.05, 0.1) is 23.6 Å². The molecule has 0 aliphatic rings. The van der Waals surface area contributed by atoms with Crippen molar-refractivity contribution in [3.8, 4) is 0 Å². The Morgan fingerprint density at radius 2 is 2.24 bits per heavy atom. The van der Waals surface area contributed by atoms with E-state index < -0.39 is 0 Å². The maximum Gasteiger partial charge on any atom is 0.268 e. The summed E-state index contributed by atoms with van der Waals surface area (Å²) < 4.78 is 0. The third-order valence-electron chi connectivity index (χ3n) is 2.06. The zero-order valence-corrected chi connectivity index (χ0v) is 9.41. The maximum atomic E-state index is 11.6. The van der Waals surface area contributed by atoms with Crippen LogP contribution in [0.4, 0.5) is 0 Å². The van der Waals surface area contributed by atoms with Crippen LogP contribution >= 0.6 is 11.6 Å². The van der Waals surface area contributed by atoms with Crippen LogP contribution in [0.1, 0.15) is 16.2 Å². The lowest BCUT2D eigenvalue weighted by Gasteiger charge is -2.02.